The number of aromatic amines is 1. The van der Waals surface area contributed by atoms with E-state index >= 15 is 0 Å². The van der Waals surface area contributed by atoms with Crippen molar-refractivity contribution in [2.45, 2.75) is 18.8 Å². The molecular formula is C23H30N4O3. The maximum Gasteiger partial charge on any atom is 0.168 e. The molecule has 160 valence electrons. The van der Waals surface area contributed by atoms with Crippen molar-refractivity contribution >= 4 is 22.5 Å². The predicted octanol–water partition coefficient (Wildman–Crippen LogP) is 1.27. The number of H-pyrrole nitrogens is 1. The lowest BCUT2D eigenvalue weighted by Gasteiger charge is -2.34. The number of β-amino-alcohol motifs (C(OH)–C–C–N with tert-alkyl or cyclic N) is 1. The number of piperazine rings is 1. The summed E-state index contributed by atoms with van der Waals surface area (Å²) in [4.78, 5) is 33.2. The zero-order valence-corrected chi connectivity index (χ0v) is 17.3. The Labute approximate surface area is 176 Å². The van der Waals surface area contributed by atoms with E-state index in [0.29, 0.717) is 25.0 Å². The maximum absolute atomic E-state index is 12.7. The summed E-state index contributed by atoms with van der Waals surface area (Å²) in [6.07, 6.45) is 4.26. The summed E-state index contributed by atoms with van der Waals surface area (Å²) in [7, 11) is 0. The molecule has 2 aliphatic rings. The standard InChI is InChI=1S/C23H30N4O3/c28-13-12-27-10-8-26(9-11-27)7-6-24-16-20-22(29)14-17(15-23(20)30)18-2-1-3-21-19(18)4-5-25-21/h1-5,16-17,24-25,28H,6-15H2. The fourth-order valence-corrected chi connectivity index (χ4v) is 4.52. The second kappa shape index (κ2) is 9.55. The van der Waals surface area contributed by atoms with Crippen LogP contribution in [0.25, 0.3) is 10.9 Å². The topological polar surface area (TPSA) is 88.7 Å². The van der Waals surface area contributed by atoms with Gasteiger partial charge in [-0.05, 0) is 23.6 Å². The number of allylic oxidation sites excluding steroid dienone is 1. The van der Waals surface area contributed by atoms with Crippen molar-refractivity contribution in [3.05, 3.63) is 47.8 Å². The highest BCUT2D eigenvalue weighted by atomic mass is 16.3. The second-order valence-electron chi connectivity index (χ2n) is 8.16. The van der Waals surface area contributed by atoms with Crippen LogP contribution in [-0.4, -0.2) is 83.9 Å². The molecule has 2 heterocycles. The van der Waals surface area contributed by atoms with E-state index in [2.05, 4.69) is 20.1 Å². The smallest absolute Gasteiger partial charge is 0.168 e. The van der Waals surface area contributed by atoms with Gasteiger partial charge in [0.2, 0.25) is 0 Å². The zero-order chi connectivity index (χ0) is 20.9. The summed E-state index contributed by atoms with van der Waals surface area (Å²) >= 11 is 0. The van der Waals surface area contributed by atoms with Gasteiger partial charge in [-0.1, -0.05) is 12.1 Å². The molecule has 0 atom stereocenters. The summed E-state index contributed by atoms with van der Waals surface area (Å²) in [6.45, 7) is 6.40. The number of aliphatic hydroxyl groups excluding tert-OH is 1. The monoisotopic (exact) mass is 410 g/mol. The molecule has 2 fully saturated rings. The molecule has 2 aromatic rings. The summed E-state index contributed by atoms with van der Waals surface area (Å²) in [6, 6.07) is 8.01. The summed E-state index contributed by atoms with van der Waals surface area (Å²) in [5, 5.41) is 13.3. The molecule has 1 saturated carbocycles. The highest BCUT2D eigenvalue weighted by molar-refractivity contribution is 6.22. The van der Waals surface area contributed by atoms with Gasteiger partial charge < -0.3 is 15.4 Å². The van der Waals surface area contributed by atoms with E-state index in [1.165, 1.54) is 0 Å². The first kappa shape index (κ1) is 20.8. The molecule has 0 radical (unpaired) electrons. The van der Waals surface area contributed by atoms with Gasteiger partial charge in [0.25, 0.3) is 0 Å². The minimum absolute atomic E-state index is 0.0585. The Balaban J connectivity index is 1.29. The number of nitrogens with one attached hydrogen (secondary N) is 2. The van der Waals surface area contributed by atoms with Crippen molar-refractivity contribution in [2.24, 2.45) is 0 Å². The Morgan fingerprint density at radius 1 is 1.03 bits per heavy atom. The Kier molecular flexibility index (Phi) is 6.62. The third-order valence-corrected chi connectivity index (χ3v) is 6.23. The lowest BCUT2D eigenvalue weighted by molar-refractivity contribution is -0.124. The molecule has 1 aliphatic heterocycles. The third kappa shape index (κ3) is 4.64. The molecule has 3 N–H and O–H groups in total. The van der Waals surface area contributed by atoms with E-state index in [1.807, 2.05) is 30.5 Å². The highest BCUT2D eigenvalue weighted by Gasteiger charge is 2.32. The first-order valence-corrected chi connectivity index (χ1v) is 10.8. The number of ketones is 2. The number of aliphatic hydroxyl groups is 1. The van der Waals surface area contributed by atoms with Gasteiger partial charge in [0.05, 0.1) is 12.2 Å². The number of benzene rings is 1. The quantitative estimate of drug-likeness (QED) is 0.362. The number of carbonyl (C=O) groups excluding carboxylic acids is 2. The lowest BCUT2D eigenvalue weighted by Crippen LogP contribution is -2.48. The number of nitrogens with zero attached hydrogens (tertiary/aromatic N) is 2. The van der Waals surface area contributed by atoms with E-state index in [1.54, 1.807) is 6.20 Å². The first-order valence-electron chi connectivity index (χ1n) is 10.8. The normalized spacial score (nSPS) is 21.4. The van der Waals surface area contributed by atoms with Crippen LogP contribution in [0.1, 0.15) is 24.3 Å². The third-order valence-electron chi connectivity index (χ3n) is 6.23. The lowest BCUT2D eigenvalue weighted by atomic mass is 9.79. The van der Waals surface area contributed by atoms with Crippen molar-refractivity contribution in [2.75, 3.05) is 52.4 Å². The van der Waals surface area contributed by atoms with Crippen molar-refractivity contribution in [1.82, 2.24) is 20.1 Å². The van der Waals surface area contributed by atoms with E-state index in [4.69, 9.17) is 5.11 Å². The van der Waals surface area contributed by atoms with Crippen LogP contribution in [0.3, 0.4) is 0 Å². The predicted molar refractivity (Wildman–Crippen MR) is 116 cm³/mol. The number of hydrogen-bond donors (Lipinski definition) is 3. The maximum atomic E-state index is 12.7. The molecule has 0 unspecified atom stereocenters. The largest absolute Gasteiger partial charge is 0.395 e. The van der Waals surface area contributed by atoms with Crippen molar-refractivity contribution in [1.29, 1.82) is 0 Å². The van der Waals surface area contributed by atoms with Crippen LogP contribution < -0.4 is 5.32 Å². The van der Waals surface area contributed by atoms with Gasteiger partial charge in [-0.25, -0.2) is 0 Å². The van der Waals surface area contributed by atoms with Crippen LogP contribution in [0.4, 0.5) is 0 Å². The molecule has 1 aromatic carbocycles. The fraction of sp³-hybridized carbons (Fsp3) is 0.478. The van der Waals surface area contributed by atoms with E-state index in [9.17, 15) is 9.59 Å². The Morgan fingerprint density at radius 2 is 1.73 bits per heavy atom. The number of hydrogen-bond acceptors (Lipinski definition) is 6. The molecule has 7 heteroatoms. The van der Waals surface area contributed by atoms with Crippen molar-refractivity contribution < 1.29 is 14.7 Å². The summed E-state index contributed by atoms with van der Waals surface area (Å²) in [5.74, 6) is -0.209. The molecule has 0 bridgehead atoms. The molecule has 0 amide bonds. The summed E-state index contributed by atoms with van der Waals surface area (Å²) < 4.78 is 0. The molecule has 7 nitrogen and oxygen atoms in total. The minimum atomic E-state index is -0.0751. The molecular weight excluding hydrogens is 380 g/mol. The number of fused-ring (bicyclic) bond motifs is 1. The van der Waals surface area contributed by atoms with Crippen LogP contribution in [0.2, 0.25) is 0 Å². The minimum Gasteiger partial charge on any atom is -0.395 e. The van der Waals surface area contributed by atoms with Crippen LogP contribution in [0.5, 0.6) is 0 Å². The number of aromatic nitrogens is 1. The SMILES string of the molecule is O=C1CC(c2cccc3[nH]ccc23)CC(=O)C1=CNCCN1CCN(CCO)CC1. The van der Waals surface area contributed by atoms with Crippen LogP contribution >= 0.6 is 0 Å². The first-order chi connectivity index (χ1) is 14.7. The van der Waals surface area contributed by atoms with Crippen LogP contribution in [0.15, 0.2) is 42.2 Å². The van der Waals surface area contributed by atoms with Crippen LogP contribution in [-0.2, 0) is 9.59 Å². The Hall–Kier alpha value is -2.48. The van der Waals surface area contributed by atoms with Gasteiger partial charge >= 0.3 is 0 Å². The average molecular weight is 411 g/mol. The van der Waals surface area contributed by atoms with Crippen molar-refractivity contribution in [3.63, 3.8) is 0 Å². The molecule has 0 spiro atoms. The van der Waals surface area contributed by atoms with Gasteiger partial charge in [-0.3, -0.25) is 19.4 Å². The second-order valence-corrected chi connectivity index (χ2v) is 8.16. The molecule has 1 aromatic heterocycles. The van der Waals surface area contributed by atoms with E-state index in [-0.39, 0.29) is 24.1 Å². The average Bonchev–Trinajstić information content (AvgIpc) is 3.23. The fourth-order valence-electron chi connectivity index (χ4n) is 4.52. The van der Waals surface area contributed by atoms with Crippen LogP contribution in [0, 0.1) is 0 Å². The van der Waals surface area contributed by atoms with Gasteiger partial charge in [0.1, 0.15) is 0 Å². The van der Waals surface area contributed by atoms with Gasteiger partial charge in [0, 0.05) is 82.0 Å². The Bertz CT molecular complexity index is 907. The highest BCUT2D eigenvalue weighted by Crippen LogP contribution is 2.35. The van der Waals surface area contributed by atoms with Crippen molar-refractivity contribution in [3.8, 4) is 0 Å². The Morgan fingerprint density at radius 3 is 2.43 bits per heavy atom. The van der Waals surface area contributed by atoms with Gasteiger partial charge in [0.15, 0.2) is 11.6 Å². The van der Waals surface area contributed by atoms with Gasteiger partial charge in [-0.2, -0.15) is 0 Å². The molecule has 1 saturated heterocycles. The summed E-state index contributed by atoms with van der Waals surface area (Å²) in [5.41, 5.74) is 2.41. The molecule has 4 rings (SSSR count). The zero-order valence-electron chi connectivity index (χ0n) is 17.3. The number of rotatable bonds is 7. The molecule has 30 heavy (non-hydrogen) atoms. The van der Waals surface area contributed by atoms with E-state index < -0.39 is 0 Å². The number of Topliss-reactive ketones (excluding diaryl/α,β-unsaturated/α-hetero) is 2. The van der Waals surface area contributed by atoms with E-state index in [0.717, 1.165) is 55.7 Å². The number of carbonyl (C=O) groups is 2. The molecule has 1 aliphatic carbocycles. The van der Waals surface area contributed by atoms with Gasteiger partial charge in [-0.15, -0.1) is 0 Å².